The van der Waals surface area contributed by atoms with Gasteiger partial charge in [-0.25, -0.2) is 0 Å². The second kappa shape index (κ2) is 5.91. The van der Waals surface area contributed by atoms with Crippen LogP contribution < -0.4 is 0 Å². The smallest absolute Gasteiger partial charge is 0.226 e. The lowest BCUT2D eigenvalue weighted by atomic mass is 10.1. The van der Waals surface area contributed by atoms with E-state index in [9.17, 15) is 9.90 Å². The maximum atomic E-state index is 12.7. The van der Waals surface area contributed by atoms with Gasteiger partial charge in [-0.15, -0.1) is 0 Å². The third kappa shape index (κ3) is 2.90. The zero-order valence-electron chi connectivity index (χ0n) is 13.8. The fourth-order valence-corrected chi connectivity index (χ4v) is 4.32. The number of aryl methyl sites for hydroxylation is 1. The summed E-state index contributed by atoms with van der Waals surface area (Å²) in [5.41, 5.74) is 1.19. The molecule has 2 saturated carbocycles. The van der Waals surface area contributed by atoms with Gasteiger partial charge in [-0.3, -0.25) is 14.4 Å². The highest BCUT2D eigenvalue weighted by Crippen LogP contribution is 2.48. The maximum absolute atomic E-state index is 12.7. The van der Waals surface area contributed by atoms with Gasteiger partial charge in [0.15, 0.2) is 0 Å². The molecule has 1 amide bonds. The van der Waals surface area contributed by atoms with E-state index in [1.165, 1.54) is 5.56 Å². The molecule has 1 saturated heterocycles. The van der Waals surface area contributed by atoms with Crippen LogP contribution in [0.1, 0.15) is 37.2 Å². The first-order valence-electron chi connectivity index (χ1n) is 8.83. The molecule has 1 aliphatic heterocycles. The lowest BCUT2D eigenvalue weighted by Crippen LogP contribution is -2.54. The molecule has 2 heterocycles. The summed E-state index contributed by atoms with van der Waals surface area (Å²) in [7, 11) is 1.92. The van der Waals surface area contributed by atoms with Crippen LogP contribution in [0.25, 0.3) is 0 Å². The fraction of sp³-hybridized carbons (Fsp3) is 0.765. The van der Waals surface area contributed by atoms with Crippen molar-refractivity contribution in [3.05, 3.63) is 18.0 Å². The average molecular weight is 318 g/mol. The molecule has 1 aromatic heterocycles. The molecule has 1 aromatic rings. The molecule has 0 bridgehead atoms. The van der Waals surface area contributed by atoms with Gasteiger partial charge in [0.25, 0.3) is 0 Å². The van der Waals surface area contributed by atoms with E-state index >= 15 is 0 Å². The van der Waals surface area contributed by atoms with Crippen molar-refractivity contribution in [2.75, 3.05) is 26.2 Å². The predicted molar refractivity (Wildman–Crippen MR) is 85.9 cm³/mol. The Labute approximate surface area is 137 Å². The SMILES string of the molecule is Cn1cc([C@@H]2C[C@@H]2C(=O)N2CCN([C@@H]3CCC[C@@H]3O)CC2)cn1. The van der Waals surface area contributed by atoms with Crippen LogP contribution in [0.3, 0.4) is 0 Å². The molecule has 126 valence electrons. The summed E-state index contributed by atoms with van der Waals surface area (Å²) in [5.74, 6) is 0.833. The van der Waals surface area contributed by atoms with Gasteiger partial charge in [-0.05, 0) is 37.2 Å². The number of amides is 1. The van der Waals surface area contributed by atoms with Gasteiger partial charge in [-0.1, -0.05) is 0 Å². The molecule has 0 radical (unpaired) electrons. The summed E-state index contributed by atoms with van der Waals surface area (Å²) >= 11 is 0. The second-order valence-corrected chi connectivity index (χ2v) is 7.32. The Balaban J connectivity index is 1.30. The van der Waals surface area contributed by atoms with Crippen molar-refractivity contribution < 1.29 is 9.90 Å². The zero-order valence-corrected chi connectivity index (χ0v) is 13.8. The van der Waals surface area contributed by atoms with Crippen molar-refractivity contribution in [1.82, 2.24) is 19.6 Å². The van der Waals surface area contributed by atoms with Crippen LogP contribution in [-0.4, -0.2) is 68.9 Å². The molecule has 0 aromatic carbocycles. The van der Waals surface area contributed by atoms with Crippen molar-refractivity contribution in [2.24, 2.45) is 13.0 Å². The zero-order chi connectivity index (χ0) is 16.0. The normalized spacial score (nSPS) is 34.8. The molecule has 3 fully saturated rings. The summed E-state index contributed by atoms with van der Waals surface area (Å²) < 4.78 is 1.81. The van der Waals surface area contributed by atoms with Gasteiger partial charge in [-0.2, -0.15) is 5.10 Å². The van der Waals surface area contributed by atoms with Crippen LogP contribution in [0, 0.1) is 5.92 Å². The first-order chi connectivity index (χ1) is 11.1. The van der Waals surface area contributed by atoms with Gasteiger partial charge < -0.3 is 10.0 Å². The van der Waals surface area contributed by atoms with E-state index in [-0.39, 0.29) is 12.0 Å². The predicted octanol–water partition coefficient (Wildman–Crippen LogP) is 0.581. The number of aliphatic hydroxyl groups excluding tert-OH is 1. The number of aliphatic hydroxyl groups is 1. The number of carbonyl (C=O) groups excluding carboxylic acids is 1. The van der Waals surface area contributed by atoms with E-state index in [2.05, 4.69) is 10.00 Å². The van der Waals surface area contributed by atoms with Gasteiger partial charge in [0.05, 0.1) is 12.3 Å². The molecule has 0 unspecified atom stereocenters. The minimum absolute atomic E-state index is 0.155. The van der Waals surface area contributed by atoms with Crippen molar-refractivity contribution in [3.63, 3.8) is 0 Å². The third-order valence-electron chi connectivity index (χ3n) is 5.80. The molecule has 4 atom stereocenters. The largest absolute Gasteiger partial charge is 0.391 e. The molecule has 1 N–H and O–H groups in total. The molecule has 0 spiro atoms. The Hall–Kier alpha value is -1.40. The van der Waals surface area contributed by atoms with E-state index in [1.54, 1.807) is 4.68 Å². The lowest BCUT2D eigenvalue weighted by molar-refractivity contribution is -0.135. The van der Waals surface area contributed by atoms with E-state index in [4.69, 9.17) is 0 Å². The summed E-state index contributed by atoms with van der Waals surface area (Å²) in [6.07, 6.45) is 7.86. The molecule has 6 nitrogen and oxygen atoms in total. The minimum atomic E-state index is -0.171. The monoisotopic (exact) mass is 318 g/mol. The van der Waals surface area contributed by atoms with Crippen molar-refractivity contribution >= 4 is 5.91 Å². The Morgan fingerprint density at radius 1 is 1.26 bits per heavy atom. The van der Waals surface area contributed by atoms with Crippen LogP contribution in [0.4, 0.5) is 0 Å². The standard InChI is InChI=1S/C17H26N4O2/c1-19-11-12(10-18-19)13-9-14(13)17(23)21-7-5-20(6-8-21)15-3-2-4-16(15)22/h10-11,13-16,22H,2-9H2,1H3/t13-,14-,15+,16-/m0/s1. The average Bonchev–Trinajstić information content (AvgIpc) is 3.06. The minimum Gasteiger partial charge on any atom is -0.391 e. The number of piperazine rings is 1. The summed E-state index contributed by atoms with van der Waals surface area (Å²) in [6.45, 7) is 3.41. The van der Waals surface area contributed by atoms with Crippen LogP contribution in [-0.2, 0) is 11.8 Å². The summed E-state index contributed by atoms with van der Waals surface area (Å²) in [6, 6.07) is 0.316. The third-order valence-corrected chi connectivity index (χ3v) is 5.80. The quantitative estimate of drug-likeness (QED) is 0.886. The van der Waals surface area contributed by atoms with Crippen LogP contribution in [0.2, 0.25) is 0 Å². The van der Waals surface area contributed by atoms with Crippen LogP contribution >= 0.6 is 0 Å². The Kier molecular flexibility index (Phi) is 3.89. The van der Waals surface area contributed by atoms with Crippen LogP contribution in [0.15, 0.2) is 12.4 Å². The highest BCUT2D eigenvalue weighted by atomic mass is 16.3. The fourth-order valence-electron chi connectivity index (χ4n) is 4.32. The lowest BCUT2D eigenvalue weighted by Gasteiger charge is -2.39. The molecule has 2 aliphatic carbocycles. The van der Waals surface area contributed by atoms with Crippen molar-refractivity contribution in [3.8, 4) is 0 Å². The van der Waals surface area contributed by atoms with E-state index in [0.717, 1.165) is 51.9 Å². The second-order valence-electron chi connectivity index (χ2n) is 7.32. The molecular weight excluding hydrogens is 292 g/mol. The summed E-state index contributed by atoms with van der Waals surface area (Å²) in [4.78, 5) is 17.1. The Morgan fingerprint density at radius 3 is 2.65 bits per heavy atom. The van der Waals surface area contributed by atoms with Gasteiger partial charge in [0.2, 0.25) is 5.91 Å². The van der Waals surface area contributed by atoms with E-state index in [0.29, 0.717) is 17.9 Å². The number of hydrogen-bond acceptors (Lipinski definition) is 4. The van der Waals surface area contributed by atoms with Gasteiger partial charge in [0, 0.05) is 51.4 Å². The highest BCUT2D eigenvalue weighted by molar-refractivity contribution is 5.83. The number of nitrogens with zero attached hydrogens (tertiary/aromatic N) is 4. The first kappa shape index (κ1) is 15.1. The molecular formula is C17H26N4O2. The Morgan fingerprint density at radius 2 is 2.04 bits per heavy atom. The number of rotatable bonds is 3. The molecule has 3 aliphatic rings. The Bertz CT molecular complexity index is 579. The number of aromatic nitrogens is 2. The van der Waals surface area contributed by atoms with Crippen LogP contribution in [0.5, 0.6) is 0 Å². The van der Waals surface area contributed by atoms with E-state index in [1.807, 2.05) is 24.3 Å². The van der Waals surface area contributed by atoms with Crippen molar-refractivity contribution in [2.45, 2.75) is 43.7 Å². The number of hydrogen-bond donors (Lipinski definition) is 1. The number of carbonyl (C=O) groups is 1. The van der Waals surface area contributed by atoms with Gasteiger partial charge >= 0.3 is 0 Å². The molecule has 4 rings (SSSR count). The topological polar surface area (TPSA) is 61.6 Å². The van der Waals surface area contributed by atoms with Gasteiger partial charge in [0.1, 0.15) is 0 Å². The highest BCUT2D eigenvalue weighted by Gasteiger charge is 2.47. The van der Waals surface area contributed by atoms with E-state index < -0.39 is 0 Å². The van der Waals surface area contributed by atoms with Crippen molar-refractivity contribution in [1.29, 1.82) is 0 Å². The maximum Gasteiger partial charge on any atom is 0.226 e. The molecule has 6 heteroatoms. The molecule has 23 heavy (non-hydrogen) atoms. The first-order valence-corrected chi connectivity index (χ1v) is 8.83. The summed E-state index contributed by atoms with van der Waals surface area (Å²) in [5, 5.41) is 14.3.